The summed E-state index contributed by atoms with van der Waals surface area (Å²) in [5.41, 5.74) is 1.23. The third-order valence-electron chi connectivity index (χ3n) is 4.49. The fraction of sp³-hybridized carbons (Fsp3) is 0.632. The highest BCUT2D eigenvalue weighted by Crippen LogP contribution is 2.27. The van der Waals surface area contributed by atoms with Gasteiger partial charge in [-0.2, -0.15) is 0 Å². The Morgan fingerprint density at radius 2 is 1.80 bits per heavy atom. The van der Waals surface area contributed by atoms with Crippen molar-refractivity contribution in [3.8, 4) is 11.5 Å². The minimum Gasteiger partial charge on any atom is -0.493 e. The Bertz CT molecular complexity index is 555. The van der Waals surface area contributed by atoms with Crippen molar-refractivity contribution in [1.29, 1.82) is 0 Å². The standard InChI is InChI=1S/C19H31N3O3/c1-15(2)14-20-19(23)22-11-9-21(10-12-22)8-7-16-5-6-17(24-3)18(13-16)25-4/h5-6,13,15H,7-12,14H2,1-4H3,(H,20,23). The van der Waals surface area contributed by atoms with Gasteiger partial charge in [0.2, 0.25) is 0 Å². The third kappa shape index (κ3) is 5.81. The number of rotatable bonds is 7. The van der Waals surface area contributed by atoms with Crippen LogP contribution in [0.3, 0.4) is 0 Å². The van der Waals surface area contributed by atoms with Gasteiger partial charge in [0.05, 0.1) is 14.2 Å². The summed E-state index contributed by atoms with van der Waals surface area (Å²) in [4.78, 5) is 16.4. The maximum Gasteiger partial charge on any atom is 0.317 e. The van der Waals surface area contributed by atoms with E-state index in [1.807, 2.05) is 17.0 Å². The lowest BCUT2D eigenvalue weighted by Crippen LogP contribution is -2.52. The lowest BCUT2D eigenvalue weighted by molar-refractivity contribution is 0.139. The molecule has 6 heteroatoms. The van der Waals surface area contributed by atoms with Gasteiger partial charge < -0.3 is 19.7 Å². The van der Waals surface area contributed by atoms with E-state index in [0.717, 1.165) is 57.2 Å². The Morgan fingerprint density at radius 3 is 2.40 bits per heavy atom. The van der Waals surface area contributed by atoms with E-state index < -0.39 is 0 Å². The SMILES string of the molecule is COc1ccc(CCN2CCN(C(=O)NCC(C)C)CC2)cc1OC. The predicted molar refractivity (Wildman–Crippen MR) is 99.5 cm³/mol. The van der Waals surface area contributed by atoms with Crippen molar-refractivity contribution in [2.75, 3.05) is 53.5 Å². The Hall–Kier alpha value is -1.95. The topological polar surface area (TPSA) is 54.0 Å². The van der Waals surface area contributed by atoms with Crippen molar-refractivity contribution in [3.63, 3.8) is 0 Å². The molecule has 1 heterocycles. The van der Waals surface area contributed by atoms with Gasteiger partial charge in [0.25, 0.3) is 0 Å². The van der Waals surface area contributed by atoms with Gasteiger partial charge in [0.15, 0.2) is 11.5 Å². The van der Waals surface area contributed by atoms with E-state index in [1.54, 1.807) is 14.2 Å². The number of ether oxygens (including phenoxy) is 2. The first-order valence-corrected chi connectivity index (χ1v) is 8.99. The number of carbonyl (C=O) groups is 1. The number of benzene rings is 1. The minimum atomic E-state index is 0.0632. The van der Waals surface area contributed by atoms with Crippen LogP contribution >= 0.6 is 0 Å². The summed E-state index contributed by atoms with van der Waals surface area (Å²) in [6, 6.07) is 6.13. The van der Waals surface area contributed by atoms with E-state index in [0.29, 0.717) is 5.92 Å². The van der Waals surface area contributed by atoms with Crippen LogP contribution < -0.4 is 14.8 Å². The summed E-state index contributed by atoms with van der Waals surface area (Å²) in [6.45, 7) is 9.34. The van der Waals surface area contributed by atoms with Crippen molar-refractivity contribution in [3.05, 3.63) is 23.8 Å². The molecule has 25 heavy (non-hydrogen) atoms. The molecule has 1 aliphatic heterocycles. The Morgan fingerprint density at radius 1 is 1.12 bits per heavy atom. The second-order valence-electron chi connectivity index (χ2n) is 6.85. The zero-order valence-electron chi connectivity index (χ0n) is 15.9. The number of urea groups is 1. The Kier molecular flexibility index (Phi) is 7.37. The van der Waals surface area contributed by atoms with Crippen LogP contribution in [-0.2, 0) is 6.42 Å². The first-order valence-electron chi connectivity index (χ1n) is 8.99. The fourth-order valence-corrected chi connectivity index (χ4v) is 2.90. The smallest absolute Gasteiger partial charge is 0.317 e. The molecule has 1 aromatic carbocycles. The van der Waals surface area contributed by atoms with Crippen molar-refractivity contribution in [2.45, 2.75) is 20.3 Å². The predicted octanol–water partition coefficient (Wildman–Crippen LogP) is 2.23. The number of amides is 2. The molecular formula is C19H31N3O3. The highest BCUT2D eigenvalue weighted by molar-refractivity contribution is 5.74. The van der Waals surface area contributed by atoms with E-state index in [4.69, 9.17) is 9.47 Å². The van der Waals surface area contributed by atoms with E-state index in [9.17, 15) is 4.79 Å². The highest BCUT2D eigenvalue weighted by atomic mass is 16.5. The Balaban J connectivity index is 1.76. The molecule has 0 radical (unpaired) electrons. The van der Waals surface area contributed by atoms with E-state index in [1.165, 1.54) is 5.56 Å². The summed E-state index contributed by atoms with van der Waals surface area (Å²) in [5.74, 6) is 2.01. The molecule has 0 atom stereocenters. The Labute approximate surface area is 151 Å². The molecular weight excluding hydrogens is 318 g/mol. The highest BCUT2D eigenvalue weighted by Gasteiger charge is 2.20. The number of carbonyl (C=O) groups excluding carboxylic acids is 1. The normalized spacial score (nSPS) is 15.3. The van der Waals surface area contributed by atoms with Gasteiger partial charge in [0, 0.05) is 39.3 Å². The monoisotopic (exact) mass is 349 g/mol. The summed E-state index contributed by atoms with van der Waals surface area (Å²) >= 11 is 0. The van der Waals surface area contributed by atoms with E-state index in [-0.39, 0.29) is 6.03 Å². The number of nitrogens with zero attached hydrogens (tertiary/aromatic N) is 2. The van der Waals surface area contributed by atoms with Crippen LogP contribution in [0.1, 0.15) is 19.4 Å². The van der Waals surface area contributed by atoms with Crippen LogP contribution in [0, 0.1) is 5.92 Å². The molecule has 1 saturated heterocycles. The number of hydrogen-bond acceptors (Lipinski definition) is 4. The molecule has 1 aromatic rings. The van der Waals surface area contributed by atoms with Gasteiger partial charge in [-0.05, 0) is 30.0 Å². The second-order valence-corrected chi connectivity index (χ2v) is 6.85. The molecule has 1 fully saturated rings. The van der Waals surface area contributed by atoms with Crippen LogP contribution in [-0.4, -0.2) is 69.3 Å². The van der Waals surface area contributed by atoms with Crippen LogP contribution in [0.4, 0.5) is 4.79 Å². The summed E-state index contributed by atoms with van der Waals surface area (Å²) in [5, 5.41) is 2.99. The van der Waals surface area contributed by atoms with Crippen molar-refractivity contribution < 1.29 is 14.3 Å². The lowest BCUT2D eigenvalue weighted by Gasteiger charge is -2.34. The maximum absolute atomic E-state index is 12.1. The first-order chi connectivity index (χ1) is 12.0. The van der Waals surface area contributed by atoms with Gasteiger partial charge in [-0.25, -0.2) is 4.79 Å². The zero-order valence-corrected chi connectivity index (χ0v) is 15.9. The maximum atomic E-state index is 12.1. The molecule has 140 valence electrons. The van der Waals surface area contributed by atoms with Crippen LogP contribution in [0.5, 0.6) is 11.5 Å². The summed E-state index contributed by atoms with van der Waals surface area (Å²) in [7, 11) is 3.31. The quantitative estimate of drug-likeness (QED) is 0.820. The molecule has 0 aliphatic carbocycles. The molecule has 0 spiro atoms. The van der Waals surface area contributed by atoms with Crippen molar-refractivity contribution in [1.82, 2.24) is 15.1 Å². The van der Waals surface area contributed by atoms with Crippen LogP contribution in [0.25, 0.3) is 0 Å². The van der Waals surface area contributed by atoms with E-state index >= 15 is 0 Å². The number of nitrogens with one attached hydrogen (secondary N) is 1. The second kappa shape index (κ2) is 9.51. The van der Waals surface area contributed by atoms with Crippen LogP contribution in [0.2, 0.25) is 0 Å². The first kappa shape index (κ1) is 19.4. The van der Waals surface area contributed by atoms with Gasteiger partial charge in [-0.1, -0.05) is 19.9 Å². The van der Waals surface area contributed by atoms with E-state index in [2.05, 4.69) is 30.1 Å². The van der Waals surface area contributed by atoms with Crippen LogP contribution in [0.15, 0.2) is 18.2 Å². The van der Waals surface area contributed by atoms with Gasteiger partial charge in [0.1, 0.15) is 0 Å². The number of methoxy groups -OCH3 is 2. The fourth-order valence-electron chi connectivity index (χ4n) is 2.90. The zero-order chi connectivity index (χ0) is 18.2. The molecule has 1 aliphatic rings. The van der Waals surface area contributed by atoms with Crippen molar-refractivity contribution >= 4 is 6.03 Å². The van der Waals surface area contributed by atoms with Gasteiger partial charge in [-0.15, -0.1) is 0 Å². The minimum absolute atomic E-state index is 0.0632. The largest absolute Gasteiger partial charge is 0.493 e. The molecule has 0 bridgehead atoms. The average molecular weight is 349 g/mol. The average Bonchev–Trinajstić information content (AvgIpc) is 2.64. The lowest BCUT2D eigenvalue weighted by atomic mass is 10.1. The third-order valence-corrected chi connectivity index (χ3v) is 4.49. The molecule has 2 rings (SSSR count). The summed E-state index contributed by atoms with van der Waals surface area (Å²) < 4.78 is 10.6. The number of piperazine rings is 1. The molecule has 0 aromatic heterocycles. The number of hydrogen-bond donors (Lipinski definition) is 1. The molecule has 1 N–H and O–H groups in total. The summed E-state index contributed by atoms with van der Waals surface area (Å²) in [6.07, 6.45) is 0.958. The molecule has 2 amide bonds. The molecule has 0 saturated carbocycles. The molecule has 0 unspecified atom stereocenters. The van der Waals surface area contributed by atoms with Gasteiger partial charge >= 0.3 is 6.03 Å². The van der Waals surface area contributed by atoms with Gasteiger partial charge in [-0.3, -0.25) is 4.90 Å². The van der Waals surface area contributed by atoms with Crippen molar-refractivity contribution in [2.24, 2.45) is 5.92 Å². The molecule has 6 nitrogen and oxygen atoms in total.